The zero-order valence-corrected chi connectivity index (χ0v) is 13.3. The SMILES string of the molecule is Cc1nccn1-c1ncccc1NC(C)c1ccc(Br)o1. The van der Waals surface area contributed by atoms with Crippen molar-refractivity contribution in [2.45, 2.75) is 19.9 Å². The molecule has 0 saturated carbocycles. The van der Waals surface area contributed by atoms with Gasteiger partial charge in [-0.3, -0.25) is 4.57 Å². The fourth-order valence-electron chi connectivity index (χ4n) is 2.17. The second kappa shape index (κ2) is 5.73. The summed E-state index contributed by atoms with van der Waals surface area (Å²) < 4.78 is 8.26. The van der Waals surface area contributed by atoms with E-state index in [1.165, 1.54) is 0 Å². The number of hydrogen-bond donors (Lipinski definition) is 1. The molecule has 1 N–H and O–H groups in total. The molecule has 0 saturated heterocycles. The largest absolute Gasteiger partial charge is 0.452 e. The van der Waals surface area contributed by atoms with E-state index in [2.05, 4.69) is 31.2 Å². The standard InChI is InChI=1S/C15H15BrN4O/c1-10(13-5-6-14(16)21-13)19-12-4-3-7-18-15(12)20-9-8-17-11(20)2/h3-10,19H,1-2H3. The van der Waals surface area contributed by atoms with Gasteiger partial charge in [-0.2, -0.15) is 0 Å². The average molecular weight is 347 g/mol. The number of anilines is 1. The van der Waals surface area contributed by atoms with Crippen LogP contribution in [-0.4, -0.2) is 14.5 Å². The first kappa shape index (κ1) is 13.9. The summed E-state index contributed by atoms with van der Waals surface area (Å²) in [5.41, 5.74) is 0.929. The summed E-state index contributed by atoms with van der Waals surface area (Å²) in [6, 6.07) is 7.76. The van der Waals surface area contributed by atoms with Crippen LogP contribution in [0.1, 0.15) is 24.6 Å². The minimum absolute atomic E-state index is 0.0306. The van der Waals surface area contributed by atoms with Gasteiger partial charge in [0.15, 0.2) is 10.5 Å². The zero-order valence-electron chi connectivity index (χ0n) is 11.7. The summed E-state index contributed by atoms with van der Waals surface area (Å²) in [4.78, 5) is 8.70. The number of furan rings is 1. The van der Waals surface area contributed by atoms with Gasteiger partial charge in [0, 0.05) is 18.6 Å². The Hall–Kier alpha value is -2.08. The lowest BCUT2D eigenvalue weighted by molar-refractivity contribution is 0.471. The number of pyridine rings is 1. The molecule has 6 heteroatoms. The van der Waals surface area contributed by atoms with E-state index in [0.717, 1.165) is 27.8 Å². The fraction of sp³-hybridized carbons (Fsp3) is 0.200. The molecule has 0 aliphatic heterocycles. The first-order valence-corrected chi connectivity index (χ1v) is 7.41. The van der Waals surface area contributed by atoms with Crippen LogP contribution in [-0.2, 0) is 0 Å². The third kappa shape index (κ3) is 2.85. The van der Waals surface area contributed by atoms with E-state index in [1.807, 2.05) is 48.9 Å². The Morgan fingerprint density at radius 2 is 2.10 bits per heavy atom. The highest BCUT2D eigenvalue weighted by Gasteiger charge is 2.14. The highest BCUT2D eigenvalue weighted by molar-refractivity contribution is 9.10. The summed E-state index contributed by atoms with van der Waals surface area (Å²) in [7, 11) is 0. The first-order chi connectivity index (χ1) is 10.1. The monoisotopic (exact) mass is 346 g/mol. The van der Waals surface area contributed by atoms with Crippen LogP contribution in [0.5, 0.6) is 0 Å². The second-order valence-electron chi connectivity index (χ2n) is 4.73. The topological polar surface area (TPSA) is 55.9 Å². The molecule has 5 nitrogen and oxygen atoms in total. The van der Waals surface area contributed by atoms with Crippen molar-refractivity contribution >= 4 is 21.6 Å². The van der Waals surface area contributed by atoms with Gasteiger partial charge in [0.25, 0.3) is 0 Å². The van der Waals surface area contributed by atoms with E-state index in [9.17, 15) is 0 Å². The molecule has 3 aromatic heterocycles. The minimum atomic E-state index is 0.0306. The molecule has 0 amide bonds. The number of nitrogens with one attached hydrogen (secondary N) is 1. The van der Waals surface area contributed by atoms with Crippen molar-refractivity contribution < 1.29 is 4.42 Å². The number of aryl methyl sites for hydroxylation is 1. The summed E-state index contributed by atoms with van der Waals surface area (Å²) in [6.45, 7) is 3.99. The van der Waals surface area contributed by atoms with Crippen molar-refractivity contribution in [3.05, 3.63) is 59.1 Å². The number of imidazole rings is 1. The van der Waals surface area contributed by atoms with Gasteiger partial charge in [0.05, 0.1) is 11.7 Å². The molecule has 3 rings (SSSR count). The number of rotatable bonds is 4. The third-order valence-electron chi connectivity index (χ3n) is 3.23. The number of hydrogen-bond acceptors (Lipinski definition) is 4. The van der Waals surface area contributed by atoms with Crippen molar-refractivity contribution in [2.24, 2.45) is 0 Å². The summed E-state index contributed by atoms with van der Waals surface area (Å²) >= 11 is 3.32. The maximum absolute atomic E-state index is 5.59. The highest BCUT2D eigenvalue weighted by atomic mass is 79.9. The van der Waals surface area contributed by atoms with E-state index < -0.39 is 0 Å². The van der Waals surface area contributed by atoms with Crippen LogP contribution in [0, 0.1) is 6.92 Å². The maximum atomic E-state index is 5.59. The fourth-order valence-corrected chi connectivity index (χ4v) is 2.49. The van der Waals surface area contributed by atoms with Crippen LogP contribution >= 0.6 is 15.9 Å². The normalized spacial score (nSPS) is 12.3. The van der Waals surface area contributed by atoms with E-state index in [4.69, 9.17) is 4.42 Å². The van der Waals surface area contributed by atoms with Crippen molar-refractivity contribution in [1.29, 1.82) is 0 Å². The summed E-state index contributed by atoms with van der Waals surface area (Å²) in [5, 5.41) is 3.43. The Morgan fingerprint density at radius 1 is 1.24 bits per heavy atom. The molecule has 1 unspecified atom stereocenters. The molecule has 21 heavy (non-hydrogen) atoms. The van der Waals surface area contributed by atoms with Crippen LogP contribution in [0.25, 0.3) is 5.82 Å². The summed E-state index contributed by atoms with van der Waals surface area (Å²) in [6.07, 6.45) is 5.44. The molecule has 0 aromatic carbocycles. The van der Waals surface area contributed by atoms with Crippen LogP contribution in [0.2, 0.25) is 0 Å². The lowest BCUT2D eigenvalue weighted by Crippen LogP contribution is -2.10. The highest BCUT2D eigenvalue weighted by Crippen LogP contribution is 2.26. The number of halogens is 1. The molecule has 0 aliphatic rings. The number of aromatic nitrogens is 3. The molecule has 3 heterocycles. The Labute approximate surface area is 131 Å². The molecule has 1 atom stereocenters. The molecular weight excluding hydrogens is 332 g/mol. The Kier molecular flexibility index (Phi) is 3.79. The van der Waals surface area contributed by atoms with Crippen LogP contribution in [0.3, 0.4) is 0 Å². The molecule has 108 valence electrons. The van der Waals surface area contributed by atoms with Crippen molar-refractivity contribution in [3.63, 3.8) is 0 Å². The maximum Gasteiger partial charge on any atom is 0.169 e. The Bertz CT molecular complexity index is 749. The van der Waals surface area contributed by atoms with Crippen molar-refractivity contribution in [1.82, 2.24) is 14.5 Å². The van der Waals surface area contributed by atoms with Crippen LogP contribution < -0.4 is 5.32 Å². The third-order valence-corrected chi connectivity index (χ3v) is 3.66. The van der Waals surface area contributed by atoms with Crippen LogP contribution in [0.15, 0.2) is 51.9 Å². The van der Waals surface area contributed by atoms with Gasteiger partial charge in [0.2, 0.25) is 0 Å². The van der Waals surface area contributed by atoms with Crippen LogP contribution in [0.4, 0.5) is 5.69 Å². The van der Waals surface area contributed by atoms with E-state index in [1.54, 1.807) is 12.4 Å². The zero-order chi connectivity index (χ0) is 14.8. The lowest BCUT2D eigenvalue weighted by atomic mass is 10.2. The van der Waals surface area contributed by atoms with E-state index >= 15 is 0 Å². The number of nitrogens with zero attached hydrogens (tertiary/aromatic N) is 3. The Balaban J connectivity index is 1.91. The van der Waals surface area contributed by atoms with E-state index in [0.29, 0.717) is 0 Å². The molecule has 3 aromatic rings. The minimum Gasteiger partial charge on any atom is -0.452 e. The smallest absolute Gasteiger partial charge is 0.169 e. The van der Waals surface area contributed by atoms with Gasteiger partial charge < -0.3 is 9.73 Å². The van der Waals surface area contributed by atoms with Crippen molar-refractivity contribution in [2.75, 3.05) is 5.32 Å². The molecule has 0 aliphatic carbocycles. The summed E-state index contributed by atoms with van der Waals surface area (Å²) in [5.74, 6) is 2.58. The molecule has 0 fully saturated rings. The van der Waals surface area contributed by atoms with Gasteiger partial charge in [-0.1, -0.05) is 0 Å². The average Bonchev–Trinajstić information content (AvgIpc) is 3.08. The van der Waals surface area contributed by atoms with Crippen molar-refractivity contribution in [3.8, 4) is 5.82 Å². The van der Waals surface area contributed by atoms with E-state index in [-0.39, 0.29) is 6.04 Å². The first-order valence-electron chi connectivity index (χ1n) is 6.62. The quantitative estimate of drug-likeness (QED) is 0.772. The van der Waals surface area contributed by atoms with Gasteiger partial charge in [-0.15, -0.1) is 0 Å². The molecule has 0 radical (unpaired) electrons. The van der Waals surface area contributed by atoms with Gasteiger partial charge in [-0.05, 0) is 54.0 Å². The van der Waals surface area contributed by atoms with Gasteiger partial charge in [0.1, 0.15) is 11.6 Å². The molecule has 0 bridgehead atoms. The lowest BCUT2D eigenvalue weighted by Gasteiger charge is -2.16. The molecule has 0 spiro atoms. The molecular formula is C15H15BrN4O. The second-order valence-corrected chi connectivity index (χ2v) is 5.51. The predicted molar refractivity (Wildman–Crippen MR) is 84.5 cm³/mol. The predicted octanol–water partition coefficient (Wildman–Crippen LogP) is 4.10. The van der Waals surface area contributed by atoms with Gasteiger partial charge >= 0.3 is 0 Å². The van der Waals surface area contributed by atoms with Gasteiger partial charge in [-0.25, -0.2) is 9.97 Å². The Morgan fingerprint density at radius 3 is 2.76 bits per heavy atom.